The molecular weight excluding hydrogens is 268 g/mol. The van der Waals surface area contributed by atoms with Crippen molar-refractivity contribution in [3.05, 3.63) is 29.3 Å². The maximum absolute atomic E-state index is 12.1. The molecule has 0 aromatic heterocycles. The Hall–Kier alpha value is -1.75. The van der Waals surface area contributed by atoms with E-state index in [0.29, 0.717) is 10.7 Å². The van der Waals surface area contributed by atoms with Crippen LogP contribution in [0.25, 0.3) is 0 Å². The second-order valence-corrected chi connectivity index (χ2v) is 5.58. The number of aliphatic carboxylic acids is 1. The molecule has 19 heavy (non-hydrogen) atoms. The van der Waals surface area contributed by atoms with Gasteiger partial charge in [0.1, 0.15) is 6.54 Å². The number of rotatable bonds is 3. The van der Waals surface area contributed by atoms with Gasteiger partial charge in [-0.25, -0.2) is 4.79 Å². The zero-order valence-corrected chi connectivity index (χ0v) is 11.9. The molecule has 2 amide bonds. The quantitative estimate of drug-likeness (QED) is 0.896. The van der Waals surface area contributed by atoms with E-state index in [-0.39, 0.29) is 0 Å². The van der Waals surface area contributed by atoms with Gasteiger partial charge in [-0.15, -0.1) is 0 Å². The van der Waals surface area contributed by atoms with Crippen LogP contribution >= 0.6 is 11.6 Å². The zero-order valence-electron chi connectivity index (χ0n) is 11.1. The normalized spacial score (nSPS) is 10.9. The average molecular weight is 285 g/mol. The SMILES string of the molecule is CC(C)(C)NC(=O)N(CC(=O)O)c1cccc(Cl)c1. The van der Waals surface area contributed by atoms with Crippen LogP contribution in [0, 0.1) is 0 Å². The fraction of sp³-hybridized carbons (Fsp3) is 0.385. The summed E-state index contributed by atoms with van der Waals surface area (Å²) in [6.45, 7) is 5.04. The highest BCUT2D eigenvalue weighted by atomic mass is 35.5. The highest BCUT2D eigenvalue weighted by Gasteiger charge is 2.23. The van der Waals surface area contributed by atoms with Gasteiger partial charge in [-0.1, -0.05) is 17.7 Å². The van der Waals surface area contributed by atoms with Crippen LogP contribution in [0.1, 0.15) is 20.8 Å². The first-order valence-corrected chi connectivity index (χ1v) is 6.14. The highest BCUT2D eigenvalue weighted by molar-refractivity contribution is 6.30. The minimum absolute atomic E-state index is 0.428. The number of carbonyl (C=O) groups is 2. The summed E-state index contributed by atoms with van der Waals surface area (Å²) in [5, 5.41) is 12.1. The predicted molar refractivity (Wildman–Crippen MR) is 74.7 cm³/mol. The molecule has 1 rings (SSSR count). The Balaban J connectivity index is 3.01. The fourth-order valence-corrected chi connectivity index (χ4v) is 1.63. The number of benzene rings is 1. The first kappa shape index (κ1) is 15.3. The number of carboxylic acids is 1. The molecule has 0 aliphatic carbocycles. The average Bonchev–Trinajstić information content (AvgIpc) is 2.23. The standard InChI is InChI=1S/C13H17ClN2O3/c1-13(2,3)15-12(19)16(8-11(17)18)10-6-4-5-9(14)7-10/h4-7H,8H2,1-3H3,(H,15,19)(H,17,18). The Morgan fingerprint density at radius 1 is 1.37 bits per heavy atom. The van der Waals surface area contributed by atoms with Crippen molar-refractivity contribution in [2.24, 2.45) is 0 Å². The van der Waals surface area contributed by atoms with Gasteiger partial charge in [0.25, 0.3) is 0 Å². The van der Waals surface area contributed by atoms with Gasteiger partial charge in [0.2, 0.25) is 0 Å². The lowest BCUT2D eigenvalue weighted by Gasteiger charge is -2.27. The Kier molecular flexibility index (Phi) is 4.78. The Morgan fingerprint density at radius 2 is 2.00 bits per heavy atom. The van der Waals surface area contributed by atoms with E-state index in [1.165, 1.54) is 0 Å². The summed E-state index contributed by atoms with van der Waals surface area (Å²) < 4.78 is 0. The van der Waals surface area contributed by atoms with E-state index >= 15 is 0 Å². The summed E-state index contributed by atoms with van der Waals surface area (Å²) in [5.41, 5.74) is -0.0106. The van der Waals surface area contributed by atoms with E-state index in [4.69, 9.17) is 16.7 Å². The molecule has 0 aliphatic rings. The number of nitrogens with one attached hydrogen (secondary N) is 1. The van der Waals surface area contributed by atoms with Crippen molar-refractivity contribution in [2.45, 2.75) is 26.3 Å². The number of amides is 2. The smallest absolute Gasteiger partial charge is 0.323 e. The molecule has 0 saturated heterocycles. The zero-order chi connectivity index (χ0) is 14.6. The largest absolute Gasteiger partial charge is 0.480 e. The molecule has 0 fully saturated rings. The number of hydrogen-bond acceptors (Lipinski definition) is 2. The van der Waals surface area contributed by atoms with Gasteiger partial charge in [-0.3, -0.25) is 9.69 Å². The molecule has 0 bridgehead atoms. The number of hydrogen-bond donors (Lipinski definition) is 2. The molecule has 1 aromatic carbocycles. The number of urea groups is 1. The van der Waals surface area contributed by atoms with Crippen LogP contribution in [0.3, 0.4) is 0 Å². The van der Waals surface area contributed by atoms with Gasteiger partial charge in [0, 0.05) is 16.2 Å². The van der Waals surface area contributed by atoms with E-state index in [1.807, 2.05) is 20.8 Å². The summed E-state index contributed by atoms with van der Waals surface area (Å²) in [6.07, 6.45) is 0. The molecule has 2 N–H and O–H groups in total. The van der Waals surface area contributed by atoms with Crippen LogP contribution < -0.4 is 10.2 Å². The van der Waals surface area contributed by atoms with Gasteiger partial charge < -0.3 is 10.4 Å². The van der Waals surface area contributed by atoms with Gasteiger partial charge in [-0.05, 0) is 39.0 Å². The van der Waals surface area contributed by atoms with E-state index in [0.717, 1.165) is 4.90 Å². The molecule has 0 heterocycles. The molecule has 6 heteroatoms. The van der Waals surface area contributed by atoms with Crippen molar-refractivity contribution in [1.29, 1.82) is 0 Å². The van der Waals surface area contributed by atoms with Gasteiger partial charge in [0.05, 0.1) is 0 Å². The molecule has 104 valence electrons. The van der Waals surface area contributed by atoms with Crippen LogP contribution in [-0.2, 0) is 4.79 Å². The molecule has 0 unspecified atom stereocenters. The van der Waals surface area contributed by atoms with Gasteiger partial charge in [-0.2, -0.15) is 0 Å². The van der Waals surface area contributed by atoms with E-state index in [1.54, 1.807) is 24.3 Å². The van der Waals surface area contributed by atoms with Crippen molar-refractivity contribution >= 4 is 29.3 Å². The topological polar surface area (TPSA) is 69.6 Å². The molecule has 0 atom stereocenters. The van der Waals surface area contributed by atoms with Crippen molar-refractivity contribution < 1.29 is 14.7 Å². The van der Waals surface area contributed by atoms with Crippen molar-refractivity contribution in [3.8, 4) is 0 Å². The summed E-state index contributed by atoms with van der Waals surface area (Å²) >= 11 is 5.86. The minimum atomic E-state index is -1.09. The monoisotopic (exact) mass is 284 g/mol. The number of halogens is 1. The Morgan fingerprint density at radius 3 is 2.47 bits per heavy atom. The first-order valence-electron chi connectivity index (χ1n) is 5.76. The van der Waals surface area contributed by atoms with Crippen LogP contribution in [0.15, 0.2) is 24.3 Å². The number of carboxylic acid groups (broad SMARTS) is 1. The third-order valence-corrected chi connectivity index (χ3v) is 2.38. The molecule has 0 saturated carbocycles. The van der Waals surface area contributed by atoms with E-state index in [9.17, 15) is 9.59 Å². The summed E-state index contributed by atoms with van der Waals surface area (Å²) in [5.74, 6) is -1.09. The third kappa shape index (κ3) is 5.18. The molecule has 0 aliphatic heterocycles. The maximum Gasteiger partial charge on any atom is 0.323 e. The second-order valence-electron chi connectivity index (χ2n) is 5.14. The molecule has 1 aromatic rings. The van der Waals surface area contributed by atoms with Crippen molar-refractivity contribution in [3.63, 3.8) is 0 Å². The molecule has 5 nitrogen and oxygen atoms in total. The summed E-state index contributed by atoms with van der Waals surface area (Å²) in [7, 11) is 0. The molecular formula is C13H17ClN2O3. The highest BCUT2D eigenvalue weighted by Crippen LogP contribution is 2.20. The summed E-state index contributed by atoms with van der Waals surface area (Å²) in [6, 6.07) is 6.03. The number of nitrogens with zero attached hydrogens (tertiary/aromatic N) is 1. The number of anilines is 1. The maximum atomic E-state index is 12.1. The van der Waals surface area contributed by atoms with Crippen LogP contribution in [0.5, 0.6) is 0 Å². The van der Waals surface area contributed by atoms with Crippen LogP contribution in [-0.4, -0.2) is 29.2 Å². The Bertz CT molecular complexity index is 483. The summed E-state index contributed by atoms with van der Waals surface area (Å²) in [4.78, 5) is 24.1. The van der Waals surface area contributed by atoms with E-state index < -0.39 is 24.1 Å². The fourth-order valence-electron chi connectivity index (χ4n) is 1.45. The van der Waals surface area contributed by atoms with Gasteiger partial charge >= 0.3 is 12.0 Å². The third-order valence-electron chi connectivity index (χ3n) is 2.14. The van der Waals surface area contributed by atoms with Gasteiger partial charge in [0.15, 0.2) is 0 Å². The first-order chi connectivity index (χ1) is 8.69. The molecule has 0 radical (unpaired) electrons. The lowest BCUT2D eigenvalue weighted by atomic mass is 10.1. The van der Waals surface area contributed by atoms with Crippen molar-refractivity contribution in [1.82, 2.24) is 5.32 Å². The van der Waals surface area contributed by atoms with Crippen LogP contribution in [0.4, 0.5) is 10.5 Å². The lowest BCUT2D eigenvalue weighted by molar-refractivity contribution is -0.135. The van der Waals surface area contributed by atoms with Crippen LogP contribution in [0.2, 0.25) is 5.02 Å². The number of carbonyl (C=O) groups excluding carboxylic acids is 1. The van der Waals surface area contributed by atoms with E-state index in [2.05, 4.69) is 5.32 Å². The second kappa shape index (κ2) is 5.93. The Labute approximate surface area is 117 Å². The lowest BCUT2D eigenvalue weighted by Crippen LogP contribution is -2.50. The minimum Gasteiger partial charge on any atom is -0.480 e. The molecule has 0 spiro atoms. The van der Waals surface area contributed by atoms with Crippen molar-refractivity contribution in [2.75, 3.05) is 11.4 Å². The predicted octanol–water partition coefficient (Wildman–Crippen LogP) is 2.74.